The van der Waals surface area contributed by atoms with Gasteiger partial charge in [0.1, 0.15) is 5.75 Å². The van der Waals surface area contributed by atoms with Crippen molar-refractivity contribution in [2.75, 3.05) is 12.9 Å². The Morgan fingerprint density at radius 3 is 2.15 bits per heavy atom. The van der Waals surface area contributed by atoms with Gasteiger partial charge >= 0.3 is 6.18 Å². The Morgan fingerprint density at radius 2 is 1.57 bits per heavy atom. The number of amides is 1. The van der Waals surface area contributed by atoms with Crippen molar-refractivity contribution in [1.29, 1.82) is 0 Å². The lowest BCUT2D eigenvalue weighted by molar-refractivity contribution is -0.137. The first-order valence-corrected chi connectivity index (χ1v) is 13.3. The van der Waals surface area contributed by atoms with Gasteiger partial charge in [-0.05, 0) is 52.9 Å². The minimum atomic E-state index is -4.41. The number of methoxy groups -OCH3 is 1. The molecule has 7 nitrogen and oxygen atoms in total. The molecule has 1 aromatic heterocycles. The zero-order chi connectivity index (χ0) is 28.9. The number of nitrogens with zero attached hydrogens (tertiary/aromatic N) is 4. The Hall–Kier alpha value is -4.12. The van der Waals surface area contributed by atoms with E-state index in [1.54, 1.807) is 7.11 Å². The predicted octanol–water partition coefficient (Wildman–Crippen LogP) is 6.50. The zero-order valence-electron chi connectivity index (χ0n) is 22.4. The van der Waals surface area contributed by atoms with Gasteiger partial charge in [0.2, 0.25) is 0 Å². The van der Waals surface area contributed by atoms with Crippen LogP contribution in [0.1, 0.15) is 37.5 Å². The van der Waals surface area contributed by atoms with Crippen molar-refractivity contribution < 1.29 is 22.7 Å². The van der Waals surface area contributed by atoms with Gasteiger partial charge in [0.15, 0.2) is 11.0 Å². The van der Waals surface area contributed by atoms with Crippen LogP contribution in [0.25, 0.3) is 17.1 Å². The summed E-state index contributed by atoms with van der Waals surface area (Å²) in [6.45, 7) is 6.44. The topological polar surface area (TPSA) is 81.4 Å². The third-order valence-electron chi connectivity index (χ3n) is 5.95. The summed E-state index contributed by atoms with van der Waals surface area (Å²) in [5.74, 6) is 0.900. The molecule has 3 aromatic carbocycles. The second-order valence-electron chi connectivity index (χ2n) is 9.87. The predicted molar refractivity (Wildman–Crippen MR) is 150 cm³/mol. The van der Waals surface area contributed by atoms with Crippen LogP contribution >= 0.6 is 11.8 Å². The standard InChI is InChI=1S/C29H28F3N5O2S/c1-28(2,3)21-11-7-20(8-12-21)26-35-36-27(37(26)23-13-15-24(39-4)16-14-23)40-18-25(38)34-33-17-19-5-9-22(10-6-19)29(30,31)32/h5-17H,18H2,1-4H3,(H,34,38). The normalized spacial score (nSPS) is 12.1. The van der Waals surface area contributed by atoms with Gasteiger partial charge in [0.05, 0.1) is 24.6 Å². The third-order valence-corrected chi connectivity index (χ3v) is 6.88. The number of alkyl halides is 3. The van der Waals surface area contributed by atoms with E-state index >= 15 is 0 Å². The molecule has 0 saturated heterocycles. The number of hydrogen-bond acceptors (Lipinski definition) is 6. The number of hydrazone groups is 1. The number of benzene rings is 3. The second-order valence-corrected chi connectivity index (χ2v) is 10.8. The highest BCUT2D eigenvalue weighted by Gasteiger charge is 2.29. The number of carbonyl (C=O) groups excluding carboxylic acids is 1. The molecular formula is C29H28F3N5O2S. The molecule has 11 heteroatoms. The smallest absolute Gasteiger partial charge is 0.416 e. The number of hydrogen-bond donors (Lipinski definition) is 1. The van der Waals surface area contributed by atoms with E-state index in [0.29, 0.717) is 22.3 Å². The van der Waals surface area contributed by atoms with Gasteiger partial charge in [-0.25, -0.2) is 5.43 Å². The highest BCUT2D eigenvalue weighted by atomic mass is 32.2. The average molecular weight is 568 g/mol. The molecule has 0 spiro atoms. The van der Waals surface area contributed by atoms with E-state index in [9.17, 15) is 18.0 Å². The van der Waals surface area contributed by atoms with Crippen LogP contribution in [0.15, 0.2) is 83.1 Å². The van der Waals surface area contributed by atoms with E-state index in [0.717, 1.165) is 23.4 Å². The van der Waals surface area contributed by atoms with E-state index in [2.05, 4.69) is 53.6 Å². The van der Waals surface area contributed by atoms with Crippen LogP contribution in [0.2, 0.25) is 0 Å². The molecule has 1 N–H and O–H groups in total. The molecule has 0 atom stereocenters. The molecular weight excluding hydrogens is 539 g/mol. The van der Waals surface area contributed by atoms with Gasteiger partial charge < -0.3 is 4.74 Å². The monoisotopic (exact) mass is 567 g/mol. The van der Waals surface area contributed by atoms with Gasteiger partial charge in [-0.1, -0.05) is 68.9 Å². The summed E-state index contributed by atoms with van der Waals surface area (Å²) in [6.07, 6.45) is -3.13. The molecule has 0 aliphatic rings. The Morgan fingerprint density at radius 1 is 0.950 bits per heavy atom. The molecule has 0 aliphatic carbocycles. The van der Waals surface area contributed by atoms with E-state index in [4.69, 9.17) is 4.74 Å². The lowest BCUT2D eigenvalue weighted by atomic mass is 9.87. The van der Waals surface area contributed by atoms with Crippen molar-refractivity contribution in [3.8, 4) is 22.8 Å². The first-order chi connectivity index (χ1) is 19.0. The highest BCUT2D eigenvalue weighted by Crippen LogP contribution is 2.31. The second kappa shape index (κ2) is 12.0. The van der Waals surface area contributed by atoms with E-state index in [1.165, 1.54) is 35.7 Å². The summed E-state index contributed by atoms with van der Waals surface area (Å²) in [5.41, 5.74) is 4.92. The number of aromatic nitrogens is 3. The molecule has 0 aliphatic heterocycles. The van der Waals surface area contributed by atoms with Crippen LogP contribution < -0.4 is 10.2 Å². The van der Waals surface area contributed by atoms with Crippen LogP contribution in [-0.2, 0) is 16.4 Å². The number of rotatable bonds is 8. The maximum Gasteiger partial charge on any atom is 0.416 e. The SMILES string of the molecule is COc1ccc(-n2c(SCC(=O)NN=Cc3ccc(C(F)(F)F)cc3)nnc2-c2ccc(C(C)(C)C)cc2)cc1. The average Bonchev–Trinajstić information content (AvgIpc) is 3.35. The minimum absolute atomic E-state index is 0.00552. The molecule has 0 unspecified atom stereocenters. The van der Waals surface area contributed by atoms with Crippen LogP contribution in [0, 0.1) is 0 Å². The largest absolute Gasteiger partial charge is 0.497 e. The summed E-state index contributed by atoms with van der Waals surface area (Å²) >= 11 is 1.18. The van der Waals surface area contributed by atoms with Gasteiger partial charge in [-0.15, -0.1) is 10.2 Å². The molecule has 4 rings (SSSR count). The van der Waals surface area contributed by atoms with Crippen LogP contribution in [0.3, 0.4) is 0 Å². The van der Waals surface area contributed by atoms with E-state index < -0.39 is 17.6 Å². The molecule has 208 valence electrons. The minimum Gasteiger partial charge on any atom is -0.497 e. The van der Waals surface area contributed by atoms with Crippen molar-refractivity contribution in [3.63, 3.8) is 0 Å². The lowest BCUT2D eigenvalue weighted by Crippen LogP contribution is -2.20. The van der Waals surface area contributed by atoms with Crippen LogP contribution in [0.4, 0.5) is 13.2 Å². The fourth-order valence-electron chi connectivity index (χ4n) is 3.73. The van der Waals surface area contributed by atoms with Crippen molar-refractivity contribution in [2.45, 2.75) is 37.5 Å². The molecule has 1 heterocycles. The lowest BCUT2D eigenvalue weighted by Gasteiger charge is -2.19. The van der Waals surface area contributed by atoms with Gasteiger partial charge in [0.25, 0.3) is 5.91 Å². The summed E-state index contributed by atoms with van der Waals surface area (Å²) in [6, 6.07) is 20.0. The molecule has 0 fully saturated rings. The summed E-state index contributed by atoms with van der Waals surface area (Å²) in [5, 5.41) is 13.1. The fraction of sp³-hybridized carbons (Fsp3) is 0.241. The summed E-state index contributed by atoms with van der Waals surface area (Å²) in [7, 11) is 1.59. The Balaban J connectivity index is 1.50. The summed E-state index contributed by atoms with van der Waals surface area (Å²) in [4.78, 5) is 12.5. The van der Waals surface area contributed by atoms with E-state index in [1.807, 2.05) is 41.0 Å². The van der Waals surface area contributed by atoms with Crippen LogP contribution in [0.5, 0.6) is 5.75 Å². The first-order valence-electron chi connectivity index (χ1n) is 12.3. The van der Waals surface area contributed by atoms with Crippen molar-refractivity contribution >= 4 is 23.9 Å². The number of ether oxygens (including phenoxy) is 1. The Labute approximate surface area is 234 Å². The molecule has 0 saturated carbocycles. The summed E-state index contributed by atoms with van der Waals surface area (Å²) < 4.78 is 45.3. The van der Waals surface area contributed by atoms with Gasteiger partial charge in [0, 0.05) is 11.3 Å². The highest BCUT2D eigenvalue weighted by molar-refractivity contribution is 7.99. The van der Waals surface area contributed by atoms with Crippen molar-refractivity contribution in [2.24, 2.45) is 5.10 Å². The molecule has 0 bridgehead atoms. The number of thioether (sulfide) groups is 1. The van der Waals surface area contributed by atoms with Gasteiger partial charge in [-0.2, -0.15) is 18.3 Å². The Kier molecular flexibility index (Phi) is 8.63. The molecule has 0 radical (unpaired) electrons. The maximum atomic E-state index is 12.7. The fourth-order valence-corrected chi connectivity index (χ4v) is 4.48. The Bertz CT molecular complexity index is 1470. The van der Waals surface area contributed by atoms with Gasteiger partial charge in [-0.3, -0.25) is 9.36 Å². The molecule has 1 amide bonds. The third kappa shape index (κ3) is 7.09. The number of carbonyl (C=O) groups is 1. The number of halogens is 3. The van der Waals surface area contributed by atoms with E-state index in [-0.39, 0.29) is 11.2 Å². The molecule has 4 aromatic rings. The quantitative estimate of drug-likeness (QED) is 0.149. The number of nitrogens with one attached hydrogen (secondary N) is 1. The molecule has 40 heavy (non-hydrogen) atoms. The maximum absolute atomic E-state index is 12.7. The first kappa shape index (κ1) is 28.9. The van der Waals surface area contributed by atoms with Crippen LogP contribution in [-0.4, -0.2) is 39.7 Å². The zero-order valence-corrected chi connectivity index (χ0v) is 23.2. The van der Waals surface area contributed by atoms with Crippen molar-refractivity contribution in [3.05, 3.63) is 89.5 Å². The van der Waals surface area contributed by atoms with Crippen molar-refractivity contribution in [1.82, 2.24) is 20.2 Å².